The maximum absolute atomic E-state index is 11.8. The Morgan fingerprint density at radius 2 is 1.95 bits per heavy atom. The second-order valence-electron chi connectivity index (χ2n) is 4.94. The number of hydrogen-bond donors (Lipinski definition) is 3. The summed E-state index contributed by atoms with van der Waals surface area (Å²) in [5.74, 6) is 0.0495. The number of urea groups is 1. The van der Waals surface area contributed by atoms with Gasteiger partial charge in [-0.25, -0.2) is 9.59 Å². The van der Waals surface area contributed by atoms with Crippen LogP contribution in [0.25, 0.3) is 0 Å². The van der Waals surface area contributed by atoms with Crippen molar-refractivity contribution in [1.29, 1.82) is 0 Å². The Bertz CT molecular complexity index is 352. The van der Waals surface area contributed by atoms with Crippen LogP contribution in [0.1, 0.15) is 33.1 Å². The van der Waals surface area contributed by atoms with Gasteiger partial charge >= 0.3 is 12.0 Å². The first-order valence-corrected chi connectivity index (χ1v) is 8.07. The number of carboxylic acid groups (broad SMARTS) is 1. The van der Waals surface area contributed by atoms with Crippen LogP contribution in [-0.2, 0) is 15.6 Å². The Labute approximate surface area is 115 Å². The molecule has 2 amide bonds. The molecular weight excluding hydrogens is 268 g/mol. The molecule has 1 heterocycles. The molecule has 110 valence electrons. The summed E-state index contributed by atoms with van der Waals surface area (Å²) in [6.45, 7) is 3.68. The van der Waals surface area contributed by atoms with Crippen LogP contribution in [0.15, 0.2) is 0 Å². The van der Waals surface area contributed by atoms with E-state index in [1.807, 2.05) is 6.92 Å². The van der Waals surface area contributed by atoms with E-state index in [1.54, 1.807) is 6.92 Å². The molecule has 1 fully saturated rings. The van der Waals surface area contributed by atoms with Crippen LogP contribution in [-0.4, -0.2) is 44.9 Å². The van der Waals surface area contributed by atoms with E-state index >= 15 is 0 Å². The van der Waals surface area contributed by atoms with Crippen molar-refractivity contribution >= 4 is 22.8 Å². The van der Waals surface area contributed by atoms with Crippen molar-refractivity contribution in [2.45, 2.75) is 45.2 Å². The number of carbonyl (C=O) groups excluding carboxylic acids is 1. The third-order valence-corrected chi connectivity index (χ3v) is 4.87. The zero-order valence-electron chi connectivity index (χ0n) is 11.3. The van der Waals surface area contributed by atoms with E-state index in [9.17, 15) is 13.8 Å². The molecule has 0 aromatic carbocycles. The standard InChI is InChI=1S/C12H22N2O4S/c1-3-8(2)10(11(15)16)14-12(17)13-9-4-6-19(18)7-5-9/h8-10H,3-7H2,1-2H3,(H,15,16)(H2,13,14,17)/t8?,9?,10-,19?/m0/s1. The van der Waals surface area contributed by atoms with Crippen LogP contribution in [0.3, 0.4) is 0 Å². The molecule has 1 saturated heterocycles. The molecule has 0 spiro atoms. The fourth-order valence-corrected chi connectivity index (χ4v) is 3.29. The van der Waals surface area contributed by atoms with Gasteiger partial charge in [-0.1, -0.05) is 20.3 Å². The lowest BCUT2D eigenvalue weighted by molar-refractivity contribution is -0.140. The van der Waals surface area contributed by atoms with Crippen molar-refractivity contribution in [2.24, 2.45) is 5.92 Å². The van der Waals surface area contributed by atoms with Gasteiger partial charge in [-0.3, -0.25) is 4.21 Å². The maximum Gasteiger partial charge on any atom is 0.326 e. The van der Waals surface area contributed by atoms with Crippen LogP contribution in [0.5, 0.6) is 0 Å². The maximum atomic E-state index is 11.8. The lowest BCUT2D eigenvalue weighted by Gasteiger charge is -2.25. The van der Waals surface area contributed by atoms with Crippen molar-refractivity contribution in [2.75, 3.05) is 11.5 Å². The third-order valence-electron chi connectivity index (χ3n) is 3.49. The minimum atomic E-state index is -1.02. The summed E-state index contributed by atoms with van der Waals surface area (Å²) in [6.07, 6.45) is 2.04. The highest BCUT2D eigenvalue weighted by Gasteiger charge is 2.26. The molecule has 1 unspecified atom stereocenters. The molecule has 0 aromatic heterocycles. The Morgan fingerprint density at radius 1 is 1.37 bits per heavy atom. The molecule has 1 rings (SSSR count). The van der Waals surface area contributed by atoms with Gasteiger partial charge < -0.3 is 15.7 Å². The highest BCUT2D eigenvalue weighted by Crippen LogP contribution is 2.10. The van der Waals surface area contributed by atoms with E-state index in [-0.39, 0.29) is 12.0 Å². The van der Waals surface area contributed by atoms with Crippen molar-refractivity contribution in [3.05, 3.63) is 0 Å². The molecule has 6 nitrogen and oxygen atoms in total. The quantitative estimate of drug-likeness (QED) is 0.694. The third kappa shape index (κ3) is 5.18. The average molecular weight is 290 g/mol. The average Bonchev–Trinajstić information content (AvgIpc) is 2.37. The number of carbonyl (C=O) groups is 2. The van der Waals surface area contributed by atoms with Crippen molar-refractivity contribution in [3.63, 3.8) is 0 Å². The molecule has 2 atom stereocenters. The first kappa shape index (κ1) is 15.9. The van der Waals surface area contributed by atoms with Crippen LogP contribution in [0.2, 0.25) is 0 Å². The lowest BCUT2D eigenvalue weighted by atomic mass is 9.99. The zero-order chi connectivity index (χ0) is 14.4. The minimum absolute atomic E-state index is 0.0101. The smallest absolute Gasteiger partial charge is 0.326 e. The van der Waals surface area contributed by atoms with Gasteiger partial charge in [0.1, 0.15) is 6.04 Å². The van der Waals surface area contributed by atoms with Gasteiger partial charge in [0.05, 0.1) is 0 Å². The van der Waals surface area contributed by atoms with Crippen molar-refractivity contribution in [3.8, 4) is 0 Å². The second kappa shape index (κ2) is 7.47. The zero-order valence-corrected chi connectivity index (χ0v) is 12.2. The van der Waals surface area contributed by atoms with Crippen molar-refractivity contribution < 1.29 is 18.9 Å². The molecule has 7 heteroatoms. The summed E-state index contributed by atoms with van der Waals surface area (Å²) < 4.78 is 11.2. The highest BCUT2D eigenvalue weighted by atomic mass is 32.2. The van der Waals surface area contributed by atoms with Crippen LogP contribution in [0, 0.1) is 5.92 Å². The molecule has 19 heavy (non-hydrogen) atoms. The number of aliphatic carboxylic acids is 1. The van der Waals surface area contributed by atoms with E-state index in [4.69, 9.17) is 5.11 Å². The fraction of sp³-hybridized carbons (Fsp3) is 0.833. The van der Waals surface area contributed by atoms with Gasteiger partial charge in [0.15, 0.2) is 0 Å². The fourth-order valence-electron chi connectivity index (χ4n) is 1.99. The number of nitrogens with one attached hydrogen (secondary N) is 2. The second-order valence-corrected chi connectivity index (χ2v) is 6.64. The predicted octanol–water partition coefficient (Wildman–Crippen LogP) is 0.696. The Kier molecular flexibility index (Phi) is 6.27. The number of hydrogen-bond acceptors (Lipinski definition) is 3. The van der Waals surface area contributed by atoms with Gasteiger partial charge in [0, 0.05) is 28.3 Å². The SMILES string of the molecule is CCC(C)[C@H](NC(=O)NC1CCS(=O)CC1)C(=O)O. The van der Waals surface area contributed by atoms with Gasteiger partial charge in [0.25, 0.3) is 0 Å². The molecule has 3 N–H and O–H groups in total. The largest absolute Gasteiger partial charge is 0.480 e. The van der Waals surface area contributed by atoms with E-state index in [2.05, 4.69) is 10.6 Å². The van der Waals surface area contributed by atoms with Crippen molar-refractivity contribution in [1.82, 2.24) is 10.6 Å². The summed E-state index contributed by atoms with van der Waals surface area (Å²) in [6, 6.07) is -1.34. The van der Waals surface area contributed by atoms with Gasteiger partial charge in [-0.15, -0.1) is 0 Å². The monoisotopic (exact) mass is 290 g/mol. The lowest BCUT2D eigenvalue weighted by Crippen LogP contribution is -2.52. The summed E-state index contributed by atoms with van der Waals surface area (Å²) >= 11 is 0. The number of amides is 2. The molecule has 0 aliphatic carbocycles. The molecule has 1 aliphatic rings. The summed E-state index contributed by atoms with van der Waals surface area (Å²) in [4.78, 5) is 22.9. The normalized spacial score (nSPS) is 26.2. The molecule has 1 aliphatic heterocycles. The van der Waals surface area contributed by atoms with E-state index in [0.717, 1.165) is 0 Å². The van der Waals surface area contributed by atoms with Crippen LogP contribution >= 0.6 is 0 Å². The van der Waals surface area contributed by atoms with Gasteiger partial charge in [-0.2, -0.15) is 0 Å². The summed E-state index contributed by atoms with van der Waals surface area (Å²) in [5, 5.41) is 14.3. The van der Waals surface area contributed by atoms with E-state index < -0.39 is 28.8 Å². The first-order valence-electron chi connectivity index (χ1n) is 6.58. The minimum Gasteiger partial charge on any atom is -0.480 e. The number of carboxylic acids is 1. The summed E-state index contributed by atoms with van der Waals surface area (Å²) in [7, 11) is -0.768. The predicted molar refractivity (Wildman–Crippen MR) is 73.4 cm³/mol. The van der Waals surface area contributed by atoms with Crippen LogP contribution < -0.4 is 10.6 Å². The topological polar surface area (TPSA) is 95.5 Å². The molecule has 0 saturated carbocycles. The Morgan fingerprint density at radius 3 is 2.42 bits per heavy atom. The van der Waals surface area contributed by atoms with Gasteiger partial charge in [0.2, 0.25) is 0 Å². The van der Waals surface area contributed by atoms with E-state index in [0.29, 0.717) is 30.8 Å². The van der Waals surface area contributed by atoms with E-state index in [1.165, 1.54) is 0 Å². The number of rotatable bonds is 5. The Balaban J connectivity index is 2.44. The molecule has 0 bridgehead atoms. The Hall–Kier alpha value is -1.11. The van der Waals surface area contributed by atoms with Crippen LogP contribution in [0.4, 0.5) is 4.79 Å². The van der Waals surface area contributed by atoms with Gasteiger partial charge in [-0.05, 0) is 18.8 Å². The molecule has 0 aromatic rings. The molecule has 0 radical (unpaired) electrons. The highest BCUT2D eigenvalue weighted by molar-refractivity contribution is 7.85. The molecular formula is C12H22N2O4S. The first-order chi connectivity index (χ1) is 8.93. The summed E-state index contributed by atoms with van der Waals surface area (Å²) in [5.41, 5.74) is 0.